The van der Waals surface area contributed by atoms with E-state index in [0.29, 0.717) is 31.2 Å². The first-order valence-electron chi connectivity index (χ1n) is 9.09. The van der Waals surface area contributed by atoms with Gasteiger partial charge in [-0.15, -0.1) is 24.0 Å². The van der Waals surface area contributed by atoms with Crippen LogP contribution in [0.4, 0.5) is 5.82 Å². The Labute approximate surface area is 181 Å². The second-order valence-electron chi connectivity index (χ2n) is 6.49. The normalized spacial score (nSPS) is 14.6. The Morgan fingerprint density at radius 1 is 1.25 bits per heavy atom. The lowest BCUT2D eigenvalue weighted by atomic mass is 10.1. The molecule has 8 nitrogen and oxygen atoms in total. The molecule has 9 heteroatoms. The molecule has 0 spiro atoms. The van der Waals surface area contributed by atoms with Crippen LogP contribution in [-0.2, 0) is 13.5 Å². The molecule has 3 rings (SSSR count). The van der Waals surface area contributed by atoms with Gasteiger partial charge >= 0.3 is 0 Å². The van der Waals surface area contributed by atoms with E-state index in [9.17, 15) is 9.90 Å². The van der Waals surface area contributed by atoms with Gasteiger partial charge in [-0.25, -0.2) is 4.98 Å². The van der Waals surface area contributed by atoms with E-state index >= 15 is 0 Å². The van der Waals surface area contributed by atoms with Crippen molar-refractivity contribution in [1.82, 2.24) is 19.8 Å². The third-order valence-electron chi connectivity index (χ3n) is 4.76. The summed E-state index contributed by atoms with van der Waals surface area (Å²) in [6.45, 7) is 3.63. The van der Waals surface area contributed by atoms with Crippen LogP contribution in [-0.4, -0.2) is 65.3 Å². The first-order valence-corrected chi connectivity index (χ1v) is 9.09. The van der Waals surface area contributed by atoms with Crippen LogP contribution in [0.3, 0.4) is 0 Å². The lowest BCUT2D eigenvalue weighted by Gasteiger charge is -2.36. The first kappa shape index (κ1) is 22.0. The van der Waals surface area contributed by atoms with Gasteiger partial charge in [-0.3, -0.25) is 9.79 Å². The minimum atomic E-state index is -0.0730. The highest BCUT2D eigenvalue weighted by molar-refractivity contribution is 14.0. The summed E-state index contributed by atoms with van der Waals surface area (Å²) >= 11 is 0. The van der Waals surface area contributed by atoms with Gasteiger partial charge in [-0.1, -0.05) is 18.2 Å². The number of nitrogens with one attached hydrogen (secondary N) is 1. The molecule has 2 N–H and O–H groups in total. The summed E-state index contributed by atoms with van der Waals surface area (Å²) in [6.07, 6.45) is 4.04. The molecule has 1 aromatic heterocycles. The van der Waals surface area contributed by atoms with Crippen LogP contribution < -0.4 is 15.8 Å². The van der Waals surface area contributed by atoms with Gasteiger partial charge < -0.3 is 24.8 Å². The van der Waals surface area contributed by atoms with Gasteiger partial charge in [0, 0.05) is 59.2 Å². The van der Waals surface area contributed by atoms with Crippen molar-refractivity contribution in [2.45, 2.75) is 6.42 Å². The highest BCUT2D eigenvalue weighted by atomic mass is 127. The van der Waals surface area contributed by atoms with E-state index in [4.69, 9.17) is 0 Å². The Hall–Kier alpha value is -2.30. The number of benzene rings is 1. The van der Waals surface area contributed by atoms with Crippen molar-refractivity contribution >= 4 is 35.8 Å². The van der Waals surface area contributed by atoms with Crippen LogP contribution in [0.15, 0.2) is 46.4 Å². The highest BCUT2D eigenvalue weighted by Crippen LogP contribution is 2.15. The standard InChI is InChI=1S/C19H26N6O2.HI/c1-20-19(22-8-7-15-5-3-4-6-16(15)26)25-13-11-24(12-14-25)17-18(27)23(2)10-9-21-17;/h3-6,9-10,26H,7-8,11-14H2,1-2H3,(H,20,22);1H. The number of phenols is 1. The topological polar surface area (TPSA) is 86.0 Å². The van der Waals surface area contributed by atoms with Gasteiger partial charge in [0.25, 0.3) is 5.56 Å². The summed E-state index contributed by atoms with van der Waals surface area (Å²) in [5.41, 5.74) is 0.840. The number of nitrogens with zero attached hydrogens (tertiary/aromatic N) is 5. The van der Waals surface area contributed by atoms with Crippen molar-refractivity contribution in [3.8, 4) is 5.75 Å². The molecule has 0 unspecified atom stereocenters. The molecule has 0 amide bonds. The molecule has 0 radical (unpaired) electrons. The Morgan fingerprint density at radius 3 is 2.64 bits per heavy atom. The van der Waals surface area contributed by atoms with Crippen LogP contribution in [0.1, 0.15) is 5.56 Å². The average Bonchev–Trinajstić information content (AvgIpc) is 2.69. The molecule has 1 aliphatic rings. The molecule has 1 fully saturated rings. The predicted molar refractivity (Wildman–Crippen MR) is 122 cm³/mol. The molecular formula is C19H27IN6O2. The Balaban J connectivity index is 0.00000280. The number of hydrogen-bond acceptors (Lipinski definition) is 5. The van der Waals surface area contributed by atoms with Crippen LogP contribution >= 0.6 is 24.0 Å². The number of aryl methyl sites for hydroxylation is 1. The van der Waals surface area contributed by atoms with Crippen LogP contribution in [0.25, 0.3) is 0 Å². The number of aliphatic imine (C=N–C) groups is 1. The van der Waals surface area contributed by atoms with Gasteiger partial charge in [0.05, 0.1) is 0 Å². The monoisotopic (exact) mass is 498 g/mol. The Bertz CT molecular complexity index is 861. The number of guanidine groups is 1. The maximum atomic E-state index is 12.2. The van der Waals surface area contributed by atoms with E-state index in [1.165, 1.54) is 0 Å². The molecule has 0 saturated carbocycles. The molecule has 2 heterocycles. The lowest BCUT2D eigenvalue weighted by molar-refractivity contribution is 0.371. The zero-order valence-electron chi connectivity index (χ0n) is 16.2. The molecule has 0 aliphatic carbocycles. The van der Waals surface area contributed by atoms with Crippen molar-refractivity contribution in [3.05, 3.63) is 52.6 Å². The summed E-state index contributed by atoms with van der Waals surface area (Å²) < 4.78 is 1.55. The summed E-state index contributed by atoms with van der Waals surface area (Å²) in [5, 5.41) is 13.2. The number of para-hydroxylation sites is 1. The van der Waals surface area contributed by atoms with E-state index in [2.05, 4.69) is 20.2 Å². The number of aromatic nitrogens is 2. The van der Waals surface area contributed by atoms with E-state index in [0.717, 1.165) is 31.0 Å². The molecule has 28 heavy (non-hydrogen) atoms. The number of anilines is 1. The molecule has 1 saturated heterocycles. The Morgan fingerprint density at radius 2 is 1.96 bits per heavy atom. The third-order valence-corrected chi connectivity index (χ3v) is 4.76. The maximum Gasteiger partial charge on any atom is 0.293 e. The Kier molecular flexibility index (Phi) is 8.09. The number of piperazine rings is 1. The molecule has 152 valence electrons. The minimum absolute atomic E-state index is 0. The van der Waals surface area contributed by atoms with Crippen molar-refractivity contribution in [3.63, 3.8) is 0 Å². The second kappa shape index (κ2) is 10.3. The lowest BCUT2D eigenvalue weighted by Crippen LogP contribution is -2.53. The van der Waals surface area contributed by atoms with Gasteiger partial charge in [0.2, 0.25) is 0 Å². The summed E-state index contributed by atoms with van der Waals surface area (Å²) in [4.78, 5) is 25.0. The van der Waals surface area contributed by atoms with E-state index in [1.54, 1.807) is 37.1 Å². The minimum Gasteiger partial charge on any atom is -0.508 e. The number of rotatable bonds is 4. The molecule has 1 aliphatic heterocycles. The summed E-state index contributed by atoms with van der Waals surface area (Å²) in [5.74, 6) is 1.65. The average molecular weight is 498 g/mol. The maximum absolute atomic E-state index is 12.2. The zero-order chi connectivity index (χ0) is 19.2. The van der Waals surface area contributed by atoms with Gasteiger partial charge in [0.15, 0.2) is 11.8 Å². The third kappa shape index (κ3) is 5.15. The number of phenolic OH excluding ortho intramolecular Hbond substituents is 1. The number of halogens is 1. The molecule has 0 atom stereocenters. The molecule has 0 bridgehead atoms. The SMILES string of the molecule is CN=C(NCCc1ccccc1O)N1CCN(c2nccn(C)c2=O)CC1.I. The van der Waals surface area contributed by atoms with E-state index in [1.807, 2.05) is 23.1 Å². The summed E-state index contributed by atoms with van der Waals surface area (Å²) in [6, 6.07) is 7.36. The zero-order valence-corrected chi connectivity index (χ0v) is 18.5. The first-order chi connectivity index (χ1) is 13.1. The van der Waals surface area contributed by atoms with Crippen LogP contribution in [0.2, 0.25) is 0 Å². The number of aromatic hydroxyl groups is 1. The largest absolute Gasteiger partial charge is 0.508 e. The predicted octanol–water partition coefficient (Wildman–Crippen LogP) is 1.04. The molecule has 1 aromatic carbocycles. The van der Waals surface area contributed by atoms with E-state index in [-0.39, 0.29) is 29.5 Å². The molecule has 2 aromatic rings. The fraction of sp³-hybridized carbons (Fsp3) is 0.421. The quantitative estimate of drug-likeness (QED) is 0.373. The van der Waals surface area contributed by atoms with E-state index < -0.39 is 0 Å². The second-order valence-corrected chi connectivity index (χ2v) is 6.49. The van der Waals surface area contributed by atoms with Crippen molar-refractivity contribution in [1.29, 1.82) is 0 Å². The van der Waals surface area contributed by atoms with Crippen molar-refractivity contribution < 1.29 is 5.11 Å². The molecular weight excluding hydrogens is 471 g/mol. The van der Waals surface area contributed by atoms with Gasteiger partial charge in [-0.2, -0.15) is 0 Å². The highest BCUT2D eigenvalue weighted by Gasteiger charge is 2.22. The number of hydrogen-bond donors (Lipinski definition) is 2. The van der Waals surface area contributed by atoms with Gasteiger partial charge in [0.1, 0.15) is 5.75 Å². The fourth-order valence-corrected chi connectivity index (χ4v) is 3.20. The smallest absolute Gasteiger partial charge is 0.293 e. The fourth-order valence-electron chi connectivity index (χ4n) is 3.20. The summed E-state index contributed by atoms with van der Waals surface area (Å²) in [7, 11) is 3.50. The van der Waals surface area contributed by atoms with Crippen molar-refractivity contribution in [2.24, 2.45) is 12.0 Å². The van der Waals surface area contributed by atoms with Crippen LogP contribution in [0.5, 0.6) is 5.75 Å². The van der Waals surface area contributed by atoms with Crippen molar-refractivity contribution in [2.75, 3.05) is 44.7 Å². The van der Waals surface area contributed by atoms with Crippen LogP contribution in [0, 0.1) is 0 Å². The van der Waals surface area contributed by atoms with Gasteiger partial charge in [-0.05, 0) is 18.1 Å².